The van der Waals surface area contributed by atoms with Gasteiger partial charge in [0.25, 0.3) is 0 Å². The van der Waals surface area contributed by atoms with Crippen LogP contribution in [-0.2, 0) is 11.2 Å². The number of nitrogens with two attached hydrogens (primary N) is 1. The average Bonchev–Trinajstić information content (AvgIpc) is 2.48. The van der Waals surface area contributed by atoms with Crippen molar-refractivity contribution >= 4 is 11.8 Å². The van der Waals surface area contributed by atoms with Crippen LogP contribution in [0.5, 0.6) is 0 Å². The number of nitrogens with zero attached hydrogens (tertiary/aromatic N) is 3. The third kappa shape index (κ3) is 4.04. The zero-order valence-corrected chi connectivity index (χ0v) is 13.4. The molecule has 0 aliphatic carbocycles. The maximum Gasteiger partial charge on any atom is 0.222 e. The molecule has 6 heteroatoms. The van der Waals surface area contributed by atoms with Gasteiger partial charge in [0.1, 0.15) is 5.82 Å². The number of hydrogen-bond donors (Lipinski definition) is 2. The van der Waals surface area contributed by atoms with E-state index in [0.717, 1.165) is 62.8 Å². The Kier molecular flexibility index (Phi) is 5.76. The molecule has 2 rings (SSSR count). The van der Waals surface area contributed by atoms with Crippen molar-refractivity contribution in [3.8, 4) is 0 Å². The molecule has 0 amide bonds. The third-order valence-electron chi connectivity index (χ3n) is 4.12. The minimum Gasteiger partial charge on any atom is -0.379 e. The summed E-state index contributed by atoms with van der Waals surface area (Å²) in [6, 6.07) is 0.495. The topological polar surface area (TPSA) is 76.3 Å². The highest BCUT2D eigenvalue weighted by atomic mass is 16.5. The summed E-state index contributed by atoms with van der Waals surface area (Å²) in [6.45, 7) is 10.9. The maximum atomic E-state index is 5.78. The number of nitrogens with one attached hydrogen (secondary N) is 1. The Morgan fingerprint density at radius 3 is 2.62 bits per heavy atom. The third-order valence-corrected chi connectivity index (χ3v) is 4.12. The van der Waals surface area contributed by atoms with Crippen LogP contribution in [0.15, 0.2) is 0 Å². The van der Waals surface area contributed by atoms with Gasteiger partial charge in [-0.05, 0) is 19.8 Å². The summed E-state index contributed by atoms with van der Waals surface area (Å²) in [5, 5.41) is 3.48. The Balaban J connectivity index is 2.03. The Bertz CT molecular complexity index is 460. The lowest BCUT2D eigenvalue weighted by molar-refractivity contribution is 0.0184. The number of rotatable bonds is 6. The summed E-state index contributed by atoms with van der Waals surface area (Å²) in [7, 11) is 0. The molecule has 118 valence electrons. The minimum absolute atomic E-state index is 0.339. The highest BCUT2D eigenvalue weighted by Gasteiger charge is 2.20. The van der Waals surface area contributed by atoms with E-state index < -0.39 is 0 Å². The molecular weight excluding hydrogens is 266 g/mol. The molecule has 1 saturated heterocycles. The van der Waals surface area contributed by atoms with Crippen LogP contribution < -0.4 is 11.1 Å². The van der Waals surface area contributed by atoms with E-state index in [4.69, 9.17) is 10.5 Å². The Morgan fingerprint density at radius 1 is 1.29 bits per heavy atom. The number of aryl methyl sites for hydroxylation is 1. The molecule has 1 fully saturated rings. The summed E-state index contributed by atoms with van der Waals surface area (Å²) in [4.78, 5) is 11.1. The quantitative estimate of drug-likeness (QED) is 0.827. The van der Waals surface area contributed by atoms with Crippen molar-refractivity contribution < 1.29 is 4.74 Å². The largest absolute Gasteiger partial charge is 0.379 e. The first-order chi connectivity index (χ1) is 10.2. The predicted molar refractivity (Wildman–Crippen MR) is 85.5 cm³/mol. The van der Waals surface area contributed by atoms with E-state index in [1.165, 1.54) is 0 Å². The Morgan fingerprint density at radius 2 is 2.00 bits per heavy atom. The number of ether oxygens (including phenoxy) is 1. The van der Waals surface area contributed by atoms with Crippen molar-refractivity contribution in [2.24, 2.45) is 0 Å². The monoisotopic (exact) mass is 293 g/mol. The number of anilines is 2. The predicted octanol–water partition coefficient (Wildman–Crippen LogP) is 1.45. The van der Waals surface area contributed by atoms with Crippen molar-refractivity contribution in [2.45, 2.75) is 39.7 Å². The molecule has 21 heavy (non-hydrogen) atoms. The fraction of sp³-hybridized carbons (Fsp3) is 0.733. The molecule has 2 heterocycles. The second-order valence-electron chi connectivity index (χ2n) is 5.44. The fourth-order valence-electron chi connectivity index (χ4n) is 2.88. The van der Waals surface area contributed by atoms with Crippen LogP contribution in [0.3, 0.4) is 0 Å². The van der Waals surface area contributed by atoms with Gasteiger partial charge in [0.15, 0.2) is 0 Å². The zero-order valence-electron chi connectivity index (χ0n) is 13.4. The van der Waals surface area contributed by atoms with Gasteiger partial charge in [0.05, 0.1) is 13.2 Å². The molecule has 1 aliphatic heterocycles. The molecule has 1 atom stereocenters. The summed E-state index contributed by atoms with van der Waals surface area (Å²) in [5.74, 6) is 1.22. The van der Waals surface area contributed by atoms with Gasteiger partial charge in [-0.25, -0.2) is 4.98 Å². The maximum absolute atomic E-state index is 5.78. The van der Waals surface area contributed by atoms with Gasteiger partial charge in [-0.1, -0.05) is 13.8 Å². The second kappa shape index (κ2) is 7.56. The van der Waals surface area contributed by atoms with Crippen LogP contribution >= 0.6 is 0 Å². The van der Waals surface area contributed by atoms with Crippen molar-refractivity contribution in [1.29, 1.82) is 0 Å². The second-order valence-corrected chi connectivity index (χ2v) is 5.44. The van der Waals surface area contributed by atoms with Gasteiger partial charge in [0, 0.05) is 36.9 Å². The molecular formula is C15H27N5O. The minimum atomic E-state index is 0.339. The van der Waals surface area contributed by atoms with Crippen molar-refractivity contribution in [3.05, 3.63) is 11.3 Å². The number of aromatic nitrogens is 2. The van der Waals surface area contributed by atoms with Crippen LogP contribution in [0.1, 0.15) is 31.5 Å². The Labute approximate surface area is 127 Å². The smallest absolute Gasteiger partial charge is 0.222 e. The van der Waals surface area contributed by atoms with Crippen LogP contribution in [0, 0.1) is 6.92 Å². The molecule has 6 nitrogen and oxygen atoms in total. The van der Waals surface area contributed by atoms with Gasteiger partial charge >= 0.3 is 0 Å². The van der Waals surface area contributed by atoms with Crippen molar-refractivity contribution in [1.82, 2.24) is 14.9 Å². The van der Waals surface area contributed by atoms with E-state index in [-0.39, 0.29) is 0 Å². The molecule has 0 unspecified atom stereocenters. The standard InChI is InChI=1S/C15H27N5O/c1-4-12(20-6-8-21-9-7-20)10-17-14-13(5-2)11(3)18-15(16)19-14/h12H,4-10H2,1-3H3,(H3,16,17,18,19)/t12-/m1/s1. The SMILES string of the molecule is CCc1c(C)nc(N)nc1NC[C@@H](CC)N1CCOCC1. The molecule has 0 spiro atoms. The van der Waals surface area contributed by atoms with Crippen molar-refractivity contribution in [2.75, 3.05) is 43.9 Å². The number of nitrogen functional groups attached to an aromatic ring is 1. The first-order valence-electron chi connectivity index (χ1n) is 7.84. The van der Waals surface area contributed by atoms with Gasteiger partial charge in [-0.15, -0.1) is 0 Å². The van der Waals surface area contributed by atoms with Crippen LogP contribution in [0.4, 0.5) is 11.8 Å². The first-order valence-corrected chi connectivity index (χ1v) is 7.84. The molecule has 1 aromatic rings. The molecule has 3 N–H and O–H groups in total. The average molecular weight is 293 g/mol. The van der Waals surface area contributed by atoms with E-state index in [2.05, 4.69) is 34.0 Å². The summed E-state index contributed by atoms with van der Waals surface area (Å²) in [5.41, 5.74) is 7.89. The molecule has 0 saturated carbocycles. The Hall–Kier alpha value is -1.40. The summed E-state index contributed by atoms with van der Waals surface area (Å²) < 4.78 is 5.43. The van der Waals surface area contributed by atoms with E-state index >= 15 is 0 Å². The van der Waals surface area contributed by atoms with E-state index in [1.807, 2.05) is 6.92 Å². The molecule has 1 aliphatic rings. The summed E-state index contributed by atoms with van der Waals surface area (Å²) >= 11 is 0. The molecule has 0 aromatic carbocycles. The van der Waals surface area contributed by atoms with Crippen LogP contribution in [-0.4, -0.2) is 53.8 Å². The first kappa shape index (κ1) is 16.0. The van der Waals surface area contributed by atoms with E-state index in [1.54, 1.807) is 0 Å². The normalized spacial score (nSPS) is 17.7. The molecule has 1 aromatic heterocycles. The molecule has 0 radical (unpaired) electrons. The number of morpholine rings is 1. The van der Waals surface area contributed by atoms with E-state index in [9.17, 15) is 0 Å². The highest BCUT2D eigenvalue weighted by Crippen LogP contribution is 2.18. The van der Waals surface area contributed by atoms with Crippen LogP contribution in [0.25, 0.3) is 0 Å². The zero-order chi connectivity index (χ0) is 15.2. The number of hydrogen-bond acceptors (Lipinski definition) is 6. The van der Waals surface area contributed by atoms with Gasteiger partial charge < -0.3 is 15.8 Å². The van der Waals surface area contributed by atoms with Crippen LogP contribution in [0.2, 0.25) is 0 Å². The van der Waals surface area contributed by atoms with E-state index in [0.29, 0.717) is 12.0 Å². The van der Waals surface area contributed by atoms with Gasteiger partial charge in [-0.2, -0.15) is 4.98 Å². The highest BCUT2D eigenvalue weighted by molar-refractivity contribution is 5.49. The van der Waals surface area contributed by atoms with Gasteiger partial charge in [0.2, 0.25) is 5.95 Å². The molecule has 0 bridgehead atoms. The fourth-order valence-corrected chi connectivity index (χ4v) is 2.88. The lowest BCUT2D eigenvalue weighted by atomic mass is 10.1. The lowest BCUT2D eigenvalue weighted by Crippen LogP contribution is -2.46. The summed E-state index contributed by atoms with van der Waals surface area (Å²) in [6.07, 6.45) is 2.01. The van der Waals surface area contributed by atoms with Gasteiger partial charge in [-0.3, -0.25) is 4.90 Å². The van der Waals surface area contributed by atoms with Crippen molar-refractivity contribution in [3.63, 3.8) is 0 Å². The lowest BCUT2D eigenvalue weighted by Gasteiger charge is -2.34.